The van der Waals surface area contributed by atoms with Crippen LogP contribution in [0.3, 0.4) is 0 Å². The topological polar surface area (TPSA) is 37.8 Å². The number of rotatable bonds is 4. The Labute approximate surface area is 119 Å². The smallest absolute Gasteiger partial charge is 0.303 e. The molecule has 2 aromatic rings. The first-order valence-corrected chi connectivity index (χ1v) is 6.24. The lowest BCUT2D eigenvalue weighted by Crippen LogP contribution is -2.21. The van der Waals surface area contributed by atoms with Gasteiger partial charge in [0.25, 0.3) is 0 Å². The number of benzene rings is 1. The Hall–Kier alpha value is -2.02. The molecule has 0 radical (unpaired) electrons. The molecule has 1 atom stereocenters. The summed E-state index contributed by atoms with van der Waals surface area (Å²) in [5.74, 6) is -0.358. The first-order chi connectivity index (χ1) is 9.88. The largest absolute Gasteiger partial charge is 0.416 e. The molecule has 1 N–H and O–H groups in total. The minimum absolute atomic E-state index is 0.0867. The van der Waals surface area contributed by atoms with Gasteiger partial charge in [0.15, 0.2) is 0 Å². The molecule has 0 amide bonds. The number of nitrogens with one attached hydrogen (secondary N) is 1. The number of aromatic nitrogens is 2. The molecule has 0 saturated carbocycles. The van der Waals surface area contributed by atoms with Crippen LogP contribution >= 0.6 is 0 Å². The Morgan fingerprint density at radius 2 is 1.86 bits per heavy atom. The fourth-order valence-electron chi connectivity index (χ4n) is 1.76. The summed E-state index contributed by atoms with van der Waals surface area (Å²) in [6, 6.07) is 3.92. The maximum atomic E-state index is 13.7. The minimum atomic E-state index is -4.54. The molecule has 1 aromatic heterocycles. The van der Waals surface area contributed by atoms with Gasteiger partial charge < -0.3 is 5.32 Å². The average molecular weight is 299 g/mol. The molecule has 2 rings (SSSR count). The van der Waals surface area contributed by atoms with Crippen LogP contribution in [0, 0.1) is 5.82 Å². The normalized spacial score (nSPS) is 13.2. The van der Waals surface area contributed by atoms with Gasteiger partial charge in [-0.2, -0.15) is 13.2 Å². The van der Waals surface area contributed by atoms with Gasteiger partial charge in [0.2, 0.25) is 0 Å². The van der Waals surface area contributed by atoms with Crippen LogP contribution in [0.5, 0.6) is 0 Å². The highest BCUT2D eigenvalue weighted by Gasteiger charge is 2.31. The van der Waals surface area contributed by atoms with Crippen molar-refractivity contribution in [3.8, 4) is 0 Å². The number of hydrogen-bond acceptors (Lipinski definition) is 3. The van der Waals surface area contributed by atoms with E-state index in [1.807, 2.05) is 0 Å². The van der Waals surface area contributed by atoms with Crippen molar-refractivity contribution in [2.24, 2.45) is 0 Å². The van der Waals surface area contributed by atoms with Gasteiger partial charge >= 0.3 is 6.18 Å². The van der Waals surface area contributed by atoms with E-state index in [1.165, 1.54) is 0 Å². The van der Waals surface area contributed by atoms with Crippen molar-refractivity contribution in [2.45, 2.75) is 25.7 Å². The molecular weight excluding hydrogens is 286 g/mol. The predicted molar refractivity (Wildman–Crippen MR) is 68.7 cm³/mol. The van der Waals surface area contributed by atoms with E-state index >= 15 is 0 Å². The zero-order valence-corrected chi connectivity index (χ0v) is 11.2. The van der Waals surface area contributed by atoms with Gasteiger partial charge in [-0.1, -0.05) is 6.07 Å². The number of hydrogen-bond donors (Lipinski definition) is 1. The lowest BCUT2D eigenvalue weighted by molar-refractivity contribution is -0.137. The predicted octanol–water partition coefficient (Wildman–Crippen LogP) is 3.49. The summed E-state index contributed by atoms with van der Waals surface area (Å²) >= 11 is 0. The van der Waals surface area contributed by atoms with Crippen LogP contribution in [-0.2, 0) is 12.7 Å². The monoisotopic (exact) mass is 299 g/mol. The van der Waals surface area contributed by atoms with Gasteiger partial charge in [0, 0.05) is 24.5 Å². The van der Waals surface area contributed by atoms with E-state index in [-0.39, 0.29) is 18.2 Å². The van der Waals surface area contributed by atoms with Crippen molar-refractivity contribution in [1.29, 1.82) is 0 Å². The maximum absolute atomic E-state index is 13.7. The first-order valence-electron chi connectivity index (χ1n) is 6.24. The molecular formula is C14H13F4N3. The summed E-state index contributed by atoms with van der Waals surface area (Å²) < 4.78 is 51.0. The second kappa shape index (κ2) is 6.17. The minimum Gasteiger partial charge on any atom is -0.303 e. The highest BCUT2D eigenvalue weighted by molar-refractivity contribution is 5.26. The average Bonchev–Trinajstić information content (AvgIpc) is 2.45. The third-order valence-electron chi connectivity index (χ3n) is 2.95. The SMILES string of the molecule is CC(NCc1ccc(C(F)(F)F)cc1F)c1ncccn1. The highest BCUT2D eigenvalue weighted by Crippen LogP contribution is 2.30. The molecule has 21 heavy (non-hydrogen) atoms. The molecule has 0 aliphatic heterocycles. The quantitative estimate of drug-likeness (QED) is 0.878. The van der Waals surface area contributed by atoms with Crippen LogP contribution in [0.1, 0.15) is 29.9 Å². The molecule has 0 aliphatic rings. The van der Waals surface area contributed by atoms with Gasteiger partial charge in [-0.05, 0) is 25.1 Å². The van der Waals surface area contributed by atoms with Crippen molar-refractivity contribution in [1.82, 2.24) is 15.3 Å². The summed E-state index contributed by atoms with van der Waals surface area (Å²) in [4.78, 5) is 8.09. The Kier molecular flexibility index (Phi) is 4.52. The standard InChI is InChI=1S/C14H13F4N3/c1-9(13-19-5-2-6-20-13)21-8-10-3-4-11(7-12(10)15)14(16,17)18/h2-7,9,21H,8H2,1H3. The van der Waals surface area contributed by atoms with E-state index in [0.29, 0.717) is 11.9 Å². The van der Waals surface area contributed by atoms with Crippen molar-refractivity contribution >= 4 is 0 Å². The Morgan fingerprint density at radius 1 is 1.19 bits per heavy atom. The summed E-state index contributed by atoms with van der Waals surface area (Å²) in [5.41, 5.74) is -0.839. The van der Waals surface area contributed by atoms with E-state index in [4.69, 9.17) is 0 Å². The van der Waals surface area contributed by atoms with E-state index < -0.39 is 17.6 Å². The van der Waals surface area contributed by atoms with Gasteiger partial charge in [-0.3, -0.25) is 0 Å². The molecule has 7 heteroatoms. The Morgan fingerprint density at radius 3 is 2.43 bits per heavy atom. The first kappa shape index (κ1) is 15.4. The molecule has 112 valence electrons. The van der Waals surface area contributed by atoms with Gasteiger partial charge in [-0.25, -0.2) is 14.4 Å². The third-order valence-corrected chi connectivity index (χ3v) is 2.95. The summed E-state index contributed by atoms with van der Waals surface area (Å²) in [5, 5.41) is 2.97. The number of nitrogens with zero attached hydrogens (tertiary/aromatic N) is 2. The second-order valence-corrected chi connectivity index (χ2v) is 4.51. The van der Waals surface area contributed by atoms with Gasteiger partial charge in [0.05, 0.1) is 11.6 Å². The van der Waals surface area contributed by atoms with Crippen LogP contribution in [0.4, 0.5) is 17.6 Å². The number of halogens is 4. The fraction of sp³-hybridized carbons (Fsp3) is 0.286. The molecule has 3 nitrogen and oxygen atoms in total. The molecule has 0 fully saturated rings. The second-order valence-electron chi connectivity index (χ2n) is 4.51. The maximum Gasteiger partial charge on any atom is 0.416 e. The van der Waals surface area contributed by atoms with Crippen LogP contribution in [0.15, 0.2) is 36.7 Å². The molecule has 1 aromatic carbocycles. The van der Waals surface area contributed by atoms with E-state index in [9.17, 15) is 17.6 Å². The molecule has 1 heterocycles. The van der Waals surface area contributed by atoms with Gasteiger partial charge in [-0.15, -0.1) is 0 Å². The van der Waals surface area contributed by atoms with Crippen molar-refractivity contribution in [3.05, 3.63) is 59.4 Å². The lowest BCUT2D eigenvalue weighted by Gasteiger charge is -2.13. The lowest BCUT2D eigenvalue weighted by atomic mass is 10.1. The van der Waals surface area contributed by atoms with Crippen molar-refractivity contribution in [2.75, 3.05) is 0 Å². The van der Waals surface area contributed by atoms with Crippen LogP contribution in [0.25, 0.3) is 0 Å². The van der Waals surface area contributed by atoms with E-state index in [0.717, 1.165) is 12.1 Å². The number of alkyl halides is 3. The highest BCUT2D eigenvalue weighted by atomic mass is 19.4. The molecule has 0 spiro atoms. The van der Waals surface area contributed by atoms with Crippen molar-refractivity contribution in [3.63, 3.8) is 0 Å². The van der Waals surface area contributed by atoms with Crippen LogP contribution in [-0.4, -0.2) is 9.97 Å². The van der Waals surface area contributed by atoms with Crippen molar-refractivity contribution < 1.29 is 17.6 Å². The van der Waals surface area contributed by atoms with E-state index in [1.54, 1.807) is 25.4 Å². The van der Waals surface area contributed by atoms with Crippen LogP contribution in [0.2, 0.25) is 0 Å². The van der Waals surface area contributed by atoms with Crippen LogP contribution < -0.4 is 5.32 Å². The fourth-order valence-corrected chi connectivity index (χ4v) is 1.76. The Balaban J connectivity index is 2.04. The van der Waals surface area contributed by atoms with E-state index in [2.05, 4.69) is 15.3 Å². The van der Waals surface area contributed by atoms with Gasteiger partial charge in [0.1, 0.15) is 11.6 Å². The zero-order chi connectivity index (χ0) is 15.5. The Bertz CT molecular complexity index is 599. The summed E-state index contributed by atoms with van der Waals surface area (Å²) in [6.45, 7) is 1.88. The summed E-state index contributed by atoms with van der Waals surface area (Å²) in [6.07, 6.45) is -1.38. The summed E-state index contributed by atoms with van der Waals surface area (Å²) in [7, 11) is 0. The molecule has 0 aliphatic carbocycles. The molecule has 0 saturated heterocycles. The third kappa shape index (κ3) is 3.98. The molecule has 1 unspecified atom stereocenters. The molecule has 0 bridgehead atoms. The zero-order valence-electron chi connectivity index (χ0n) is 11.2.